The lowest BCUT2D eigenvalue weighted by molar-refractivity contribution is 0.0136. The molecule has 9 nitrogen and oxygen atoms in total. The molecule has 0 atom stereocenters. The summed E-state index contributed by atoms with van der Waals surface area (Å²) in [5.41, 5.74) is 7.47. The summed E-state index contributed by atoms with van der Waals surface area (Å²) in [6.45, 7) is 4.86. The van der Waals surface area contributed by atoms with Crippen LogP contribution in [0, 0.1) is 0 Å². The largest absolute Gasteiger partial charge is 0.379 e. The highest BCUT2D eigenvalue weighted by Gasteiger charge is 2.08. The van der Waals surface area contributed by atoms with Gasteiger partial charge in [-0.15, -0.1) is 0 Å². The van der Waals surface area contributed by atoms with Crippen molar-refractivity contribution in [1.29, 1.82) is 0 Å². The van der Waals surface area contributed by atoms with E-state index in [1.165, 1.54) is 5.56 Å². The molecule has 0 unspecified atom stereocenters. The lowest BCUT2D eigenvalue weighted by atomic mass is 10.2. The Bertz CT molecular complexity index is 988. The van der Waals surface area contributed by atoms with Gasteiger partial charge in [-0.25, -0.2) is 9.59 Å². The quantitative estimate of drug-likeness (QED) is 0.193. The minimum absolute atomic E-state index is 0.391. The van der Waals surface area contributed by atoms with Gasteiger partial charge in [-0.1, -0.05) is 66.7 Å². The van der Waals surface area contributed by atoms with Crippen molar-refractivity contribution in [3.8, 4) is 0 Å². The molecule has 38 heavy (non-hydrogen) atoms. The van der Waals surface area contributed by atoms with Crippen LogP contribution < -0.4 is 11.0 Å². The van der Waals surface area contributed by atoms with Gasteiger partial charge in [0.25, 0.3) is 0 Å². The van der Waals surface area contributed by atoms with Gasteiger partial charge in [-0.2, -0.15) is 11.0 Å². The van der Waals surface area contributed by atoms with Crippen molar-refractivity contribution >= 4 is 11.9 Å². The van der Waals surface area contributed by atoms with Crippen LogP contribution in [0.1, 0.15) is 26.3 Å². The number of rotatable bonds is 18. The maximum Gasteiger partial charge on any atom is 0.356 e. The van der Waals surface area contributed by atoms with Crippen molar-refractivity contribution in [3.05, 3.63) is 108 Å². The van der Waals surface area contributed by atoms with Gasteiger partial charge in [-0.3, -0.25) is 4.90 Å². The van der Waals surface area contributed by atoms with Gasteiger partial charge in [-0.05, 0) is 29.8 Å². The summed E-state index contributed by atoms with van der Waals surface area (Å²) in [5.74, 6) is -0.853. The van der Waals surface area contributed by atoms with Crippen LogP contribution in [0.3, 0.4) is 0 Å². The molecule has 2 N–H and O–H groups in total. The van der Waals surface area contributed by atoms with E-state index in [-0.39, 0.29) is 0 Å². The molecule has 0 amide bonds. The molecule has 0 saturated carbocycles. The third kappa shape index (κ3) is 11.6. The zero-order valence-electron chi connectivity index (χ0n) is 21.4. The van der Waals surface area contributed by atoms with E-state index in [2.05, 4.69) is 28.0 Å². The molecule has 0 heterocycles. The van der Waals surface area contributed by atoms with E-state index in [0.29, 0.717) is 50.6 Å². The van der Waals surface area contributed by atoms with E-state index >= 15 is 0 Å². The number of hydrogen-bond acceptors (Lipinski definition) is 9. The fourth-order valence-corrected chi connectivity index (χ4v) is 3.43. The minimum atomic E-state index is -0.427. The van der Waals surface area contributed by atoms with Crippen molar-refractivity contribution in [2.24, 2.45) is 0 Å². The molecule has 3 rings (SSSR count). The lowest BCUT2D eigenvalue weighted by Gasteiger charge is -2.22. The minimum Gasteiger partial charge on any atom is -0.379 e. The van der Waals surface area contributed by atoms with Crippen LogP contribution in [0.4, 0.5) is 0 Å². The highest BCUT2D eigenvalue weighted by Crippen LogP contribution is 2.05. The van der Waals surface area contributed by atoms with Crippen molar-refractivity contribution in [2.45, 2.75) is 6.54 Å². The van der Waals surface area contributed by atoms with Gasteiger partial charge in [0.1, 0.15) is 0 Å². The van der Waals surface area contributed by atoms with Gasteiger partial charge in [0.05, 0.1) is 50.6 Å². The summed E-state index contributed by atoms with van der Waals surface area (Å²) in [4.78, 5) is 36.1. The molecule has 0 spiro atoms. The van der Waals surface area contributed by atoms with Crippen molar-refractivity contribution in [1.82, 2.24) is 15.9 Å². The second-order valence-corrected chi connectivity index (χ2v) is 8.29. The number of carbonyl (C=O) groups is 2. The normalized spacial score (nSPS) is 10.9. The van der Waals surface area contributed by atoms with Crippen LogP contribution in [0.15, 0.2) is 91.0 Å². The van der Waals surface area contributed by atoms with Crippen LogP contribution >= 0.6 is 0 Å². The van der Waals surface area contributed by atoms with Gasteiger partial charge >= 0.3 is 11.9 Å². The Morgan fingerprint density at radius 1 is 0.579 bits per heavy atom. The van der Waals surface area contributed by atoms with Crippen LogP contribution in [0.25, 0.3) is 0 Å². The van der Waals surface area contributed by atoms with E-state index < -0.39 is 11.9 Å². The number of carbonyl (C=O) groups excluding carboxylic acids is 2. The second-order valence-electron chi connectivity index (χ2n) is 8.29. The van der Waals surface area contributed by atoms with Crippen molar-refractivity contribution in [3.63, 3.8) is 0 Å². The first-order valence-corrected chi connectivity index (χ1v) is 12.6. The molecule has 0 fully saturated rings. The number of nitrogens with one attached hydrogen (secondary N) is 2. The van der Waals surface area contributed by atoms with Gasteiger partial charge < -0.3 is 19.1 Å². The van der Waals surface area contributed by atoms with Crippen molar-refractivity contribution < 1.29 is 28.7 Å². The predicted octanol–water partition coefficient (Wildman–Crippen LogP) is 3.25. The fourth-order valence-electron chi connectivity index (χ4n) is 3.43. The first-order chi connectivity index (χ1) is 18.7. The molecule has 0 aliphatic carbocycles. The Kier molecular flexibility index (Phi) is 13.6. The number of hydrogen-bond donors (Lipinski definition) is 2. The van der Waals surface area contributed by atoms with Crippen LogP contribution in [-0.4, -0.2) is 69.4 Å². The predicted molar refractivity (Wildman–Crippen MR) is 143 cm³/mol. The summed E-state index contributed by atoms with van der Waals surface area (Å²) in [6, 6.07) is 27.8. The van der Waals surface area contributed by atoms with E-state index in [1.54, 1.807) is 48.5 Å². The van der Waals surface area contributed by atoms with Crippen LogP contribution in [0.5, 0.6) is 0 Å². The summed E-state index contributed by atoms with van der Waals surface area (Å²) < 4.78 is 11.4. The average molecular weight is 522 g/mol. The molecule has 0 radical (unpaired) electrons. The first-order valence-electron chi connectivity index (χ1n) is 12.6. The topological polar surface area (TPSA) is 98.4 Å². The van der Waals surface area contributed by atoms with Crippen LogP contribution in [0.2, 0.25) is 0 Å². The molecule has 3 aromatic rings. The molecule has 9 heteroatoms. The molecule has 202 valence electrons. The highest BCUT2D eigenvalue weighted by molar-refractivity contribution is 5.89. The number of nitrogens with zero attached hydrogens (tertiary/aromatic N) is 1. The van der Waals surface area contributed by atoms with Crippen LogP contribution in [-0.2, 0) is 25.7 Å². The molecular weight excluding hydrogens is 486 g/mol. The second kappa shape index (κ2) is 17.8. The monoisotopic (exact) mass is 521 g/mol. The SMILES string of the molecule is O=C(ONCCOCCN(CCOCCNOC(=O)c1ccccc1)Cc1ccccc1)c1ccccc1. The first kappa shape index (κ1) is 29.0. The summed E-state index contributed by atoms with van der Waals surface area (Å²) in [5, 5.41) is 0. The Balaban J connectivity index is 1.27. The fraction of sp³-hybridized carbons (Fsp3) is 0.310. The average Bonchev–Trinajstić information content (AvgIpc) is 2.97. The smallest absolute Gasteiger partial charge is 0.356 e. The molecule has 3 aromatic carbocycles. The zero-order chi connectivity index (χ0) is 26.7. The van der Waals surface area contributed by atoms with E-state index in [9.17, 15) is 9.59 Å². The Morgan fingerprint density at radius 3 is 1.45 bits per heavy atom. The molecule has 0 saturated heterocycles. The highest BCUT2D eigenvalue weighted by atomic mass is 16.7. The van der Waals surface area contributed by atoms with E-state index in [4.69, 9.17) is 19.1 Å². The third-order valence-corrected chi connectivity index (χ3v) is 5.40. The summed E-state index contributed by atoms with van der Waals surface area (Å²) in [6.07, 6.45) is 0. The summed E-state index contributed by atoms with van der Waals surface area (Å²) in [7, 11) is 0. The van der Waals surface area contributed by atoms with Gasteiger partial charge in [0.15, 0.2) is 0 Å². The van der Waals surface area contributed by atoms with Gasteiger partial charge in [0, 0.05) is 19.6 Å². The van der Waals surface area contributed by atoms with Crippen molar-refractivity contribution in [2.75, 3.05) is 52.6 Å². The Hall–Kier alpha value is -3.60. The van der Waals surface area contributed by atoms with E-state index in [1.807, 2.05) is 30.3 Å². The molecular formula is C29H35N3O6. The summed E-state index contributed by atoms with van der Waals surface area (Å²) >= 11 is 0. The standard InChI is InChI=1S/C29H35N3O6/c33-28(26-12-6-2-7-13-26)37-30-16-20-35-22-18-32(24-25-10-4-1-5-11-25)19-23-36-21-17-31-38-29(34)27-14-8-3-9-15-27/h1-15,30-31H,16-24H2. The maximum atomic E-state index is 11.9. The molecule has 0 bridgehead atoms. The Labute approximate surface area is 223 Å². The number of ether oxygens (including phenoxy) is 2. The van der Waals surface area contributed by atoms with Gasteiger partial charge in [0.2, 0.25) is 0 Å². The number of benzene rings is 3. The molecule has 0 aromatic heterocycles. The Morgan fingerprint density at radius 2 is 1.00 bits per heavy atom. The zero-order valence-corrected chi connectivity index (χ0v) is 21.4. The maximum absolute atomic E-state index is 11.9. The number of hydroxylamine groups is 2. The molecule has 0 aliphatic heterocycles. The van der Waals surface area contributed by atoms with E-state index in [0.717, 1.165) is 19.6 Å². The lowest BCUT2D eigenvalue weighted by Crippen LogP contribution is -2.32. The molecule has 0 aliphatic rings. The third-order valence-electron chi connectivity index (χ3n) is 5.40.